The van der Waals surface area contributed by atoms with Gasteiger partial charge in [0.2, 0.25) is 11.3 Å². The van der Waals surface area contributed by atoms with Gasteiger partial charge in [-0.2, -0.15) is 0 Å². The van der Waals surface area contributed by atoms with Crippen LogP contribution in [0, 0.1) is 51.0 Å². The first-order valence-corrected chi connectivity index (χ1v) is 33.1. The van der Waals surface area contributed by atoms with E-state index in [1.807, 2.05) is 39.8 Å². The summed E-state index contributed by atoms with van der Waals surface area (Å²) in [6.45, 7) is 21.0. The maximum absolute atomic E-state index is 15.6. The molecule has 26 heteroatoms. The Labute approximate surface area is 542 Å². The molecule has 3 unspecified atom stereocenters. The van der Waals surface area contributed by atoms with Crippen LogP contribution in [0.3, 0.4) is 0 Å². The van der Waals surface area contributed by atoms with Crippen molar-refractivity contribution in [3.8, 4) is 0 Å². The minimum atomic E-state index is -2.20. The maximum atomic E-state index is 15.6. The number of aliphatic hydroxyl groups is 4. The Morgan fingerprint density at radius 3 is 2.01 bits per heavy atom. The number of carbonyl (C=O) groups excluding carboxylic acids is 5. The number of nitrogens with zero attached hydrogens (tertiary/aromatic N) is 1. The van der Waals surface area contributed by atoms with E-state index in [1.165, 1.54) is 19.9 Å². The summed E-state index contributed by atoms with van der Waals surface area (Å²) in [5, 5.41) is 62.0. The Morgan fingerprint density at radius 1 is 0.720 bits per heavy atom. The number of ketones is 1. The van der Waals surface area contributed by atoms with Crippen LogP contribution in [0.2, 0.25) is 0 Å². The van der Waals surface area contributed by atoms with E-state index in [9.17, 15) is 49.7 Å². The number of fused-ring (bicyclic) bond motifs is 4. The summed E-state index contributed by atoms with van der Waals surface area (Å²) in [5.41, 5.74) is -4.91. The third-order valence-corrected chi connectivity index (χ3v) is 21.7. The lowest BCUT2D eigenvalue weighted by Crippen LogP contribution is -2.65. The number of nitro groups is 1. The summed E-state index contributed by atoms with van der Waals surface area (Å²) in [4.78, 5) is 80.4. The number of carbonyl (C=O) groups is 5. The molecule has 1 spiro atoms. The van der Waals surface area contributed by atoms with E-state index in [1.54, 1.807) is 33.8 Å². The highest BCUT2D eigenvalue weighted by Crippen LogP contribution is 2.61. The number of Topliss-reactive ketones (excluding diaryl/α,β-unsaturated/α-hetero) is 1. The smallest absolute Gasteiger partial charge is 0.407 e. The highest BCUT2D eigenvalue weighted by molar-refractivity contribution is 6.26. The van der Waals surface area contributed by atoms with E-state index in [0.29, 0.717) is 49.5 Å². The molecule has 10 aliphatic rings. The molecule has 0 aromatic heterocycles. The van der Waals surface area contributed by atoms with Gasteiger partial charge in [0.25, 0.3) is 0 Å². The van der Waals surface area contributed by atoms with E-state index in [2.05, 4.69) is 25.2 Å². The predicted octanol–water partition coefficient (Wildman–Crippen LogP) is 6.36. The molecule has 0 aromatic carbocycles. The molecule has 518 valence electrons. The molecular weight excluding hydrogens is 1220 g/mol. The molecule has 2 bridgehead atoms. The Bertz CT molecular complexity index is 2960. The van der Waals surface area contributed by atoms with Gasteiger partial charge in [-0.1, -0.05) is 50.6 Å². The number of aliphatic hydroxyl groups excluding tert-OH is 4. The number of rotatable bonds is 14. The number of alkyl carbamates (subject to hydrolysis) is 1. The molecule has 5 N–H and O–H groups in total. The molecule has 1 amide bonds. The van der Waals surface area contributed by atoms with E-state index in [-0.39, 0.29) is 43.1 Å². The van der Waals surface area contributed by atoms with Gasteiger partial charge >= 0.3 is 18.0 Å². The number of nitrogens with one attached hydrogen (secondary N) is 1. The summed E-state index contributed by atoms with van der Waals surface area (Å²) >= 11 is 0. The van der Waals surface area contributed by atoms with Crippen molar-refractivity contribution in [2.45, 2.75) is 281 Å². The van der Waals surface area contributed by atoms with Crippen molar-refractivity contribution >= 4 is 30.1 Å². The molecule has 93 heavy (non-hydrogen) atoms. The highest BCUT2D eigenvalue weighted by Gasteiger charge is 2.65. The van der Waals surface area contributed by atoms with Crippen LogP contribution in [0.25, 0.3) is 0 Å². The summed E-state index contributed by atoms with van der Waals surface area (Å²) in [7, 11) is 1.15. The predicted molar refractivity (Wildman–Crippen MR) is 325 cm³/mol. The van der Waals surface area contributed by atoms with Crippen LogP contribution in [-0.2, 0) is 80.8 Å². The number of hydrogen-bond donors (Lipinski definition) is 5. The molecule has 0 aromatic rings. The van der Waals surface area contributed by atoms with Gasteiger partial charge in [-0.25, -0.2) is 9.59 Å². The molecule has 4 aliphatic carbocycles. The minimum absolute atomic E-state index is 0.00196. The first-order valence-electron chi connectivity index (χ1n) is 33.1. The summed E-state index contributed by atoms with van der Waals surface area (Å²) in [6, 6.07) is -1.12. The second kappa shape index (κ2) is 28.2. The normalized spacial score (nSPS) is 48.2. The summed E-state index contributed by atoms with van der Waals surface area (Å²) in [5.74, 6) is -6.46. The zero-order valence-electron chi connectivity index (χ0n) is 55.4. The van der Waals surface area contributed by atoms with Crippen LogP contribution in [0.15, 0.2) is 58.4 Å². The molecule has 10 rings (SSSR count). The van der Waals surface area contributed by atoms with Crippen molar-refractivity contribution in [1.82, 2.24) is 5.32 Å². The first-order chi connectivity index (χ1) is 43.9. The Balaban J connectivity index is 0.904. The lowest BCUT2D eigenvalue weighted by molar-refractivity contribution is -0.584. The van der Waals surface area contributed by atoms with E-state index < -0.39 is 210 Å². The second-order valence-corrected chi connectivity index (χ2v) is 28.2. The number of allylic oxidation sites excluding steroid dienone is 3. The van der Waals surface area contributed by atoms with Crippen molar-refractivity contribution in [2.75, 3.05) is 7.11 Å². The lowest BCUT2D eigenvalue weighted by Gasteiger charge is -2.56. The molecule has 1 saturated carbocycles. The molecule has 7 fully saturated rings. The third-order valence-electron chi connectivity index (χ3n) is 21.7. The van der Waals surface area contributed by atoms with Crippen molar-refractivity contribution in [2.24, 2.45) is 40.9 Å². The zero-order chi connectivity index (χ0) is 67.5. The molecule has 0 radical (unpaired) electrons. The third kappa shape index (κ3) is 14.0. The molecule has 6 aliphatic heterocycles. The fourth-order valence-electron chi connectivity index (χ4n) is 16.9. The van der Waals surface area contributed by atoms with E-state index in [4.69, 9.17) is 61.6 Å². The molecule has 29 atom stereocenters. The molecule has 26 nitrogen and oxygen atoms in total. The standard InChI is InChI=1S/C67H96N2O24/c1-30-14-18-47(88-54-28-65(11,69(79)80)60(38(9)86-54)68-64(78)81-13)31(2)23-43-45(73)24-40(29-70)27-67(43)62(76)55(63(77)93-67)61(75)66(12)42(30)16-15-41-56(66)32(3)22-33(4)57(41)92-53-26-49(59(37(8)85-53)87-39(10)71)90-50-21-19-48(35(6)83-50)89-52-25-46(74)58(36(7)84-52)91-51-20-17-44(72)34(5)82-51/h14-16,23-24,29,32-38,41-54,56-60,72-75H,17-22,25-28H2,1-13H3,(H,68,78)/b30-14+,31-23+,61-55+/t32-,33-,34-,35-,36-,37-,38+,41-,42-,43+,44+,45-,46+,47-,48?,49+,50-,51-,52-,53-,54-,56+,57-,58?,59-,60-,65-,66+,67?/m0/s1. The number of amides is 1. The average Bonchev–Trinajstić information content (AvgIpc) is 1.68. The van der Waals surface area contributed by atoms with Gasteiger partial charge in [0.05, 0.1) is 86.6 Å². The van der Waals surface area contributed by atoms with Crippen molar-refractivity contribution in [3.05, 3.63) is 68.5 Å². The van der Waals surface area contributed by atoms with Gasteiger partial charge in [-0.3, -0.25) is 24.5 Å². The number of methoxy groups -OCH3 is 1. The first kappa shape index (κ1) is 70.7. The van der Waals surface area contributed by atoms with Gasteiger partial charge in [0, 0.05) is 68.1 Å². The minimum Gasteiger partial charge on any atom is -0.511 e. The lowest BCUT2D eigenvalue weighted by atomic mass is 9.49. The van der Waals surface area contributed by atoms with Gasteiger partial charge in [0.1, 0.15) is 35.9 Å². The molecule has 6 heterocycles. The summed E-state index contributed by atoms with van der Waals surface area (Å²) in [6.07, 6.45) is -4.21. The zero-order valence-corrected chi connectivity index (χ0v) is 55.4. The topological polar surface area (TPSA) is 341 Å². The Kier molecular flexibility index (Phi) is 21.4. The SMILES string of the molecule is COC(=O)N[C@H]1[C@@H](C)O[C@@H](O[C@H]2C/C=C(\C)[C@@H]3C=C[C@@H]4[C@@H](O[C@H]5C[C@@H](O[C@H]6CCC(O[C@H]7C[C@@H](O)C(O[C@H]8CC[C@@H](O)[C@H](C)O8)[C@H](C)O7)[C@H](C)O6)[C@@H](OC(C)=O)[C@H](C)O5)[C@@H](C)C[C@H](C)[C@H]4[C@]3(C)/C(O)=C3\C(=O)OC4(CC(C=O)=C[C@H](O)[C@H]4/C=C/2C)C3=O)C[C@]1(C)[N+](=O)[O-]. The van der Waals surface area contributed by atoms with Crippen LogP contribution in [0.4, 0.5) is 4.79 Å². The number of hydrogen-bond acceptors (Lipinski definition) is 24. The average molecular weight is 1310 g/mol. The fraction of sp³-hybridized carbons (Fsp3) is 0.776. The van der Waals surface area contributed by atoms with Crippen LogP contribution in [0.5, 0.6) is 0 Å². The number of esters is 2. The second-order valence-electron chi connectivity index (χ2n) is 28.2. The van der Waals surface area contributed by atoms with Crippen molar-refractivity contribution in [1.29, 1.82) is 0 Å². The van der Waals surface area contributed by atoms with E-state index >= 15 is 4.79 Å². The highest BCUT2D eigenvalue weighted by atomic mass is 16.8. The summed E-state index contributed by atoms with van der Waals surface area (Å²) < 4.78 is 81.5. The Morgan fingerprint density at radius 2 is 1.35 bits per heavy atom. The van der Waals surface area contributed by atoms with Crippen LogP contribution in [-0.4, -0.2) is 197 Å². The van der Waals surface area contributed by atoms with Gasteiger partial charge < -0.3 is 87.3 Å². The maximum Gasteiger partial charge on any atom is 0.407 e. The van der Waals surface area contributed by atoms with Gasteiger partial charge in [0.15, 0.2) is 43.2 Å². The monoisotopic (exact) mass is 1310 g/mol. The fourth-order valence-corrected chi connectivity index (χ4v) is 16.9. The van der Waals surface area contributed by atoms with Crippen molar-refractivity contribution < 1.29 is 111 Å². The molecule has 6 saturated heterocycles. The number of aldehydes is 1. The largest absolute Gasteiger partial charge is 0.511 e. The van der Waals surface area contributed by atoms with Crippen LogP contribution < -0.4 is 5.32 Å². The Hall–Kier alpha value is -5.07. The van der Waals surface area contributed by atoms with Crippen LogP contribution in [0.1, 0.15) is 147 Å². The molecular formula is C67H96N2O24. The number of ether oxygens (including phenoxy) is 13. The van der Waals surface area contributed by atoms with Crippen LogP contribution >= 0.6 is 0 Å². The van der Waals surface area contributed by atoms with Gasteiger partial charge in [-0.15, -0.1) is 0 Å². The van der Waals surface area contributed by atoms with Crippen molar-refractivity contribution in [3.63, 3.8) is 0 Å². The quantitative estimate of drug-likeness (QED) is 0.0240. The van der Waals surface area contributed by atoms with Gasteiger partial charge in [-0.05, 0) is 109 Å². The van der Waals surface area contributed by atoms with E-state index in [0.717, 1.165) is 7.11 Å².